The Labute approximate surface area is 189 Å². The van der Waals surface area contributed by atoms with Gasteiger partial charge in [-0.25, -0.2) is 22.0 Å². The number of carbonyl (C=O) groups excluding carboxylic acids is 2. The molecule has 1 aliphatic rings. The van der Waals surface area contributed by atoms with Gasteiger partial charge in [-0.2, -0.15) is 4.31 Å². The maximum Gasteiger partial charge on any atom is 0.315 e. The highest BCUT2D eigenvalue weighted by atomic mass is 35.5. The molecular weight excluding hydrogens is 466 g/mol. The standard InChI is InChI=1S/C20H21ClF2N4O4S/c21-17-11-16(5-6-18(17)23)32(30,31)27-9-7-26(8-10-27)19(28)13-25-20(29)24-12-14-1-3-15(22)4-2-14/h1-6,11H,7-10,12-13H2,(H2,24,25,29). The Kier molecular flexibility index (Phi) is 7.64. The monoisotopic (exact) mass is 486 g/mol. The van der Waals surface area contributed by atoms with E-state index in [1.165, 1.54) is 33.5 Å². The van der Waals surface area contributed by atoms with Crippen LogP contribution in [0.25, 0.3) is 0 Å². The van der Waals surface area contributed by atoms with E-state index in [2.05, 4.69) is 10.6 Å². The fourth-order valence-electron chi connectivity index (χ4n) is 3.08. The second kappa shape index (κ2) is 10.2. The van der Waals surface area contributed by atoms with Crippen molar-refractivity contribution in [2.24, 2.45) is 0 Å². The second-order valence-corrected chi connectivity index (χ2v) is 9.37. The highest BCUT2D eigenvalue weighted by Gasteiger charge is 2.30. The van der Waals surface area contributed by atoms with Crippen molar-refractivity contribution in [1.29, 1.82) is 0 Å². The van der Waals surface area contributed by atoms with Gasteiger partial charge in [0.15, 0.2) is 0 Å². The van der Waals surface area contributed by atoms with E-state index in [1.807, 2.05) is 0 Å². The molecule has 0 saturated carbocycles. The molecule has 2 N–H and O–H groups in total. The Morgan fingerprint density at radius 3 is 2.25 bits per heavy atom. The summed E-state index contributed by atoms with van der Waals surface area (Å²) in [7, 11) is -3.87. The number of rotatable bonds is 6. The van der Waals surface area contributed by atoms with Crippen LogP contribution >= 0.6 is 11.6 Å². The zero-order valence-corrected chi connectivity index (χ0v) is 18.4. The molecule has 0 aromatic heterocycles. The number of nitrogens with one attached hydrogen (secondary N) is 2. The van der Waals surface area contributed by atoms with E-state index in [9.17, 15) is 26.8 Å². The summed E-state index contributed by atoms with van der Waals surface area (Å²) in [5.74, 6) is -1.45. The van der Waals surface area contributed by atoms with Crippen molar-refractivity contribution in [3.05, 3.63) is 64.7 Å². The SMILES string of the molecule is O=C(NCC(=O)N1CCN(S(=O)(=O)c2ccc(F)c(Cl)c2)CC1)NCc1ccc(F)cc1. The van der Waals surface area contributed by atoms with Gasteiger partial charge in [-0.15, -0.1) is 0 Å². The largest absolute Gasteiger partial charge is 0.339 e. The molecule has 0 bridgehead atoms. The smallest absolute Gasteiger partial charge is 0.315 e. The third kappa shape index (κ3) is 5.93. The van der Waals surface area contributed by atoms with Crippen LogP contribution in [0.4, 0.5) is 13.6 Å². The lowest BCUT2D eigenvalue weighted by Crippen LogP contribution is -2.53. The van der Waals surface area contributed by atoms with Gasteiger partial charge in [-0.1, -0.05) is 23.7 Å². The Bertz CT molecular complexity index is 1090. The summed E-state index contributed by atoms with van der Waals surface area (Å²) < 4.78 is 52.8. The predicted octanol–water partition coefficient (Wildman–Crippen LogP) is 1.95. The fraction of sp³-hybridized carbons (Fsp3) is 0.300. The Balaban J connectivity index is 1.45. The molecule has 0 spiro atoms. The summed E-state index contributed by atoms with van der Waals surface area (Å²) >= 11 is 5.68. The highest BCUT2D eigenvalue weighted by molar-refractivity contribution is 7.89. The first-order valence-corrected chi connectivity index (χ1v) is 11.5. The fourth-order valence-corrected chi connectivity index (χ4v) is 4.77. The highest BCUT2D eigenvalue weighted by Crippen LogP contribution is 2.23. The van der Waals surface area contributed by atoms with E-state index >= 15 is 0 Å². The number of amides is 3. The lowest BCUT2D eigenvalue weighted by atomic mass is 10.2. The molecule has 0 radical (unpaired) electrons. The quantitative estimate of drug-likeness (QED) is 0.652. The van der Waals surface area contributed by atoms with E-state index in [4.69, 9.17) is 11.6 Å². The molecule has 0 unspecified atom stereocenters. The second-order valence-electron chi connectivity index (χ2n) is 7.02. The summed E-state index contributed by atoms with van der Waals surface area (Å²) in [6.45, 7) is 0.317. The average Bonchev–Trinajstić information content (AvgIpc) is 2.79. The van der Waals surface area contributed by atoms with Crippen molar-refractivity contribution in [3.63, 3.8) is 0 Å². The molecule has 2 aromatic carbocycles. The van der Waals surface area contributed by atoms with Crippen LogP contribution in [-0.4, -0.2) is 62.3 Å². The number of halogens is 3. The van der Waals surface area contributed by atoms with E-state index < -0.39 is 21.9 Å². The Morgan fingerprint density at radius 2 is 1.62 bits per heavy atom. The lowest BCUT2D eigenvalue weighted by molar-refractivity contribution is -0.131. The first-order chi connectivity index (χ1) is 15.2. The van der Waals surface area contributed by atoms with E-state index in [0.717, 1.165) is 18.2 Å². The molecule has 3 rings (SSSR count). The number of piperazine rings is 1. The van der Waals surface area contributed by atoms with Crippen LogP contribution in [0.15, 0.2) is 47.4 Å². The molecule has 2 aromatic rings. The van der Waals surface area contributed by atoms with Gasteiger partial charge in [0.2, 0.25) is 15.9 Å². The molecule has 1 saturated heterocycles. The summed E-state index contributed by atoms with van der Waals surface area (Å²) in [4.78, 5) is 25.5. The molecule has 8 nitrogen and oxygen atoms in total. The normalized spacial score (nSPS) is 14.8. The van der Waals surface area contributed by atoms with Gasteiger partial charge in [0.05, 0.1) is 16.5 Å². The molecule has 0 aliphatic carbocycles. The molecule has 1 aliphatic heterocycles. The molecule has 3 amide bonds. The average molecular weight is 487 g/mol. The van der Waals surface area contributed by atoms with Crippen LogP contribution in [0.2, 0.25) is 5.02 Å². The van der Waals surface area contributed by atoms with E-state index in [0.29, 0.717) is 5.56 Å². The number of benzene rings is 2. The molecule has 0 atom stereocenters. The molecule has 32 heavy (non-hydrogen) atoms. The van der Waals surface area contributed by atoms with Crippen LogP contribution in [0.1, 0.15) is 5.56 Å². The number of carbonyl (C=O) groups is 2. The van der Waals surface area contributed by atoms with Crippen LogP contribution in [-0.2, 0) is 21.4 Å². The Morgan fingerprint density at radius 1 is 0.969 bits per heavy atom. The third-order valence-electron chi connectivity index (χ3n) is 4.89. The van der Waals surface area contributed by atoms with Crippen molar-refractivity contribution >= 4 is 33.6 Å². The van der Waals surface area contributed by atoms with Crippen molar-refractivity contribution in [2.75, 3.05) is 32.7 Å². The van der Waals surface area contributed by atoms with Gasteiger partial charge in [-0.3, -0.25) is 4.79 Å². The van der Waals surface area contributed by atoms with Gasteiger partial charge in [0.1, 0.15) is 11.6 Å². The third-order valence-corrected chi connectivity index (χ3v) is 7.07. The summed E-state index contributed by atoms with van der Waals surface area (Å²) in [5, 5.41) is 4.72. The first kappa shape index (κ1) is 23.9. The van der Waals surface area contributed by atoms with Crippen LogP contribution < -0.4 is 10.6 Å². The molecule has 172 valence electrons. The zero-order valence-electron chi connectivity index (χ0n) is 16.9. The van der Waals surface area contributed by atoms with Crippen molar-refractivity contribution in [2.45, 2.75) is 11.4 Å². The number of urea groups is 1. The molecule has 12 heteroatoms. The Hall–Kier alpha value is -2.76. The van der Waals surface area contributed by atoms with Crippen LogP contribution in [0, 0.1) is 11.6 Å². The number of hydrogen-bond donors (Lipinski definition) is 2. The van der Waals surface area contributed by atoms with Crippen LogP contribution in [0.3, 0.4) is 0 Å². The van der Waals surface area contributed by atoms with Gasteiger partial charge in [0, 0.05) is 32.7 Å². The topological polar surface area (TPSA) is 98.8 Å². The minimum Gasteiger partial charge on any atom is -0.339 e. The first-order valence-electron chi connectivity index (χ1n) is 9.66. The van der Waals surface area contributed by atoms with E-state index in [1.54, 1.807) is 0 Å². The summed E-state index contributed by atoms with van der Waals surface area (Å²) in [6, 6.07) is 8.26. The van der Waals surface area contributed by atoms with Crippen molar-refractivity contribution in [1.82, 2.24) is 19.8 Å². The number of sulfonamides is 1. The van der Waals surface area contributed by atoms with Gasteiger partial charge in [0.25, 0.3) is 0 Å². The molecule has 1 fully saturated rings. The maximum atomic E-state index is 13.3. The minimum absolute atomic E-state index is 0.0554. The summed E-state index contributed by atoms with van der Waals surface area (Å²) in [6.07, 6.45) is 0. The zero-order chi connectivity index (χ0) is 23.3. The van der Waals surface area contributed by atoms with Crippen molar-refractivity contribution < 1.29 is 26.8 Å². The van der Waals surface area contributed by atoms with E-state index in [-0.39, 0.29) is 60.9 Å². The number of nitrogens with zero attached hydrogens (tertiary/aromatic N) is 2. The van der Waals surface area contributed by atoms with Gasteiger partial charge < -0.3 is 15.5 Å². The minimum atomic E-state index is -3.87. The molecule has 1 heterocycles. The van der Waals surface area contributed by atoms with Crippen molar-refractivity contribution in [3.8, 4) is 0 Å². The number of hydrogen-bond acceptors (Lipinski definition) is 4. The van der Waals surface area contributed by atoms with Gasteiger partial charge >= 0.3 is 6.03 Å². The molecular formula is C20H21ClF2N4O4S. The van der Waals surface area contributed by atoms with Crippen LogP contribution in [0.5, 0.6) is 0 Å². The lowest BCUT2D eigenvalue weighted by Gasteiger charge is -2.34. The predicted molar refractivity (Wildman–Crippen MR) is 113 cm³/mol. The van der Waals surface area contributed by atoms with Gasteiger partial charge in [-0.05, 0) is 35.9 Å². The summed E-state index contributed by atoms with van der Waals surface area (Å²) in [5.41, 5.74) is 0.702. The maximum absolute atomic E-state index is 13.3.